The van der Waals surface area contributed by atoms with Crippen molar-refractivity contribution >= 4 is 22.9 Å². The van der Waals surface area contributed by atoms with Crippen LogP contribution in [-0.2, 0) is 6.42 Å². The molecule has 0 spiro atoms. The van der Waals surface area contributed by atoms with E-state index >= 15 is 0 Å². The van der Waals surface area contributed by atoms with Gasteiger partial charge in [0.2, 0.25) is 0 Å². The van der Waals surface area contributed by atoms with Crippen LogP contribution in [-0.4, -0.2) is 18.6 Å². The summed E-state index contributed by atoms with van der Waals surface area (Å²) in [7, 11) is 1.94. The molecule has 13 heavy (non-hydrogen) atoms. The van der Waals surface area contributed by atoms with Gasteiger partial charge in [-0.05, 0) is 20.0 Å². The molecule has 2 nitrogen and oxygen atoms in total. The van der Waals surface area contributed by atoms with Crippen LogP contribution in [0.1, 0.15) is 29.7 Å². The summed E-state index contributed by atoms with van der Waals surface area (Å²) >= 11 is 7.72. The van der Waals surface area contributed by atoms with Gasteiger partial charge in [0.1, 0.15) is 5.15 Å². The first-order valence-electron chi connectivity index (χ1n) is 4.44. The average molecular weight is 219 g/mol. The van der Waals surface area contributed by atoms with E-state index in [2.05, 4.69) is 24.1 Å². The minimum atomic E-state index is 0.478. The van der Waals surface area contributed by atoms with Gasteiger partial charge in [-0.2, -0.15) is 0 Å². The van der Waals surface area contributed by atoms with Crippen molar-refractivity contribution in [3.05, 3.63) is 15.0 Å². The molecule has 0 amide bonds. The second-order valence-corrected chi connectivity index (χ2v) is 4.75. The van der Waals surface area contributed by atoms with E-state index < -0.39 is 0 Å². The van der Waals surface area contributed by atoms with Crippen LogP contribution >= 0.6 is 22.9 Å². The molecule has 1 aromatic heterocycles. The predicted octanol–water partition coefficient (Wildman–Crippen LogP) is 2.68. The van der Waals surface area contributed by atoms with Crippen molar-refractivity contribution in [1.29, 1.82) is 0 Å². The number of nitrogens with zero attached hydrogens (tertiary/aromatic N) is 1. The number of aromatic nitrogens is 1. The molecule has 4 heteroatoms. The van der Waals surface area contributed by atoms with E-state index in [-0.39, 0.29) is 0 Å². The third-order valence-electron chi connectivity index (χ3n) is 1.76. The second kappa shape index (κ2) is 4.94. The Morgan fingerprint density at radius 3 is 2.69 bits per heavy atom. The summed E-state index contributed by atoms with van der Waals surface area (Å²) in [6.45, 7) is 5.23. The number of hydrogen-bond donors (Lipinski definition) is 1. The molecule has 0 aliphatic heterocycles. The van der Waals surface area contributed by atoms with Gasteiger partial charge in [-0.15, -0.1) is 11.3 Å². The molecule has 0 aliphatic rings. The van der Waals surface area contributed by atoms with Crippen LogP contribution in [0.25, 0.3) is 0 Å². The Balaban J connectivity index is 2.71. The summed E-state index contributed by atoms with van der Waals surface area (Å²) in [4.78, 5) is 5.51. The number of nitrogens with one attached hydrogen (secondary N) is 1. The maximum absolute atomic E-state index is 6.00. The zero-order valence-electron chi connectivity index (χ0n) is 8.22. The molecule has 0 aromatic carbocycles. The van der Waals surface area contributed by atoms with Crippen LogP contribution in [0.2, 0.25) is 5.15 Å². The third-order valence-corrected chi connectivity index (χ3v) is 3.60. The Labute approximate surface area is 88.3 Å². The van der Waals surface area contributed by atoms with Crippen molar-refractivity contribution in [2.75, 3.05) is 13.6 Å². The second-order valence-electron chi connectivity index (χ2n) is 3.27. The van der Waals surface area contributed by atoms with Crippen molar-refractivity contribution in [3.63, 3.8) is 0 Å². The van der Waals surface area contributed by atoms with Gasteiger partial charge in [-0.25, -0.2) is 4.98 Å². The van der Waals surface area contributed by atoms with E-state index in [1.165, 1.54) is 4.88 Å². The molecule has 0 atom stereocenters. The summed E-state index contributed by atoms with van der Waals surface area (Å²) in [5.74, 6) is 0.478. The first kappa shape index (κ1) is 11.0. The lowest BCUT2D eigenvalue weighted by Gasteiger charge is -1.96. The van der Waals surface area contributed by atoms with Crippen molar-refractivity contribution in [2.24, 2.45) is 0 Å². The summed E-state index contributed by atoms with van der Waals surface area (Å²) < 4.78 is 0. The van der Waals surface area contributed by atoms with Gasteiger partial charge in [0.15, 0.2) is 0 Å². The van der Waals surface area contributed by atoms with Crippen LogP contribution in [0.15, 0.2) is 0 Å². The Morgan fingerprint density at radius 2 is 2.23 bits per heavy atom. The van der Waals surface area contributed by atoms with Gasteiger partial charge in [-0.3, -0.25) is 0 Å². The maximum atomic E-state index is 6.00. The molecule has 1 heterocycles. The largest absolute Gasteiger partial charge is 0.319 e. The van der Waals surface area contributed by atoms with Crippen molar-refractivity contribution < 1.29 is 0 Å². The van der Waals surface area contributed by atoms with Crippen molar-refractivity contribution in [3.8, 4) is 0 Å². The lowest BCUT2D eigenvalue weighted by atomic mass is 10.2. The highest BCUT2D eigenvalue weighted by atomic mass is 35.5. The van der Waals surface area contributed by atoms with Gasteiger partial charge in [0.25, 0.3) is 0 Å². The average Bonchev–Trinajstić information content (AvgIpc) is 2.44. The highest BCUT2D eigenvalue weighted by Gasteiger charge is 2.10. The molecule has 0 saturated carbocycles. The van der Waals surface area contributed by atoms with Crippen LogP contribution in [0.5, 0.6) is 0 Å². The topological polar surface area (TPSA) is 24.9 Å². The molecule has 1 aromatic rings. The Kier molecular flexibility index (Phi) is 4.16. The molecule has 0 fully saturated rings. The normalized spacial score (nSPS) is 11.2. The number of halogens is 1. The molecular formula is C9H15ClN2S. The quantitative estimate of drug-likeness (QED) is 0.841. The minimum absolute atomic E-state index is 0.478. The summed E-state index contributed by atoms with van der Waals surface area (Å²) in [5, 5.41) is 4.92. The van der Waals surface area contributed by atoms with E-state index in [4.69, 9.17) is 11.6 Å². The van der Waals surface area contributed by atoms with E-state index in [9.17, 15) is 0 Å². The van der Waals surface area contributed by atoms with Gasteiger partial charge in [-0.1, -0.05) is 25.4 Å². The number of thiazole rings is 1. The molecule has 0 radical (unpaired) electrons. The third kappa shape index (κ3) is 2.93. The Morgan fingerprint density at radius 1 is 1.54 bits per heavy atom. The predicted molar refractivity (Wildman–Crippen MR) is 58.8 cm³/mol. The lowest BCUT2D eigenvalue weighted by Crippen LogP contribution is -2.09. The molecule has 0 bridgehead atoms. The zero-order valence-corrected chi connectivity index (χ0v) is 9.80. The fraction of sp³-hybridized carbons (Fsp3) is 0.667. The van der Waals surface area contributed by atoms with E-state index in [1.807, 2.05) is 7.05 Å². The molecule has 74 valence electrons. The Hall–Kier alpha value is -0.120. The highest BCUT2D eigenvalue weighted by Crippen LogP contribution is 2.28. The van der Waals surface area contributed by atoms with Crippen molar-refractivity contribution in [1.82, 2.24) is 10.3 Å². The fourth-order valence-corrected chi connectivity index (χ4v) is 2.30. The van der Waals surface area contributed by atoms with E-state index in [1.54, 1.807) is 11.3 Å². The molecule has 0 saturated heterocycles. The van der Waals surface area contributed by atoms with Crippen molar-refractivity contribution in [2.45, 2.75) is 26.2 Å². The monoisotopic (exact) mass is 218 g/mol. The summed E-state index contributed by atoms with van der Waals surface area (Å²) in [6, 6.07) is 0. The minimum Gasteiger partial charge on any atom is -0.319 e. The molecule has 1 N–H and O–H groups in total. The molecule has 1 rings (SSSR count). The first-order chi connectivity index (χ1) is 6.15. The molecular weight excluding hydrogens is 204 g/mol. The molecule has 0 aliphatic carbocycles. The van der Waals surface area contributed by atoms with Gasteiger partial charge in [0, 0.05) is 10.8 Å². The van der Waals surface area contributed by atoms with E-state index in [0.717, 1.165) is 18.0 Å². The van der Waals surface area contributed by atoms with Crippen LogP contribution in [0.3, 0.4) is 0 Å². The highest BCUT2D eigenvalue weighted by molar-refractivity contribution is 7.12. The van der Waals surface area contributed by atoms with Gasteiger partial charge < -0.3 is 5.32 Å². The first-order valence-corrected chi connectivity index (χ1v) is 5.64. The SMILES string of the molecule is CNCCc1sc(C(C)C)nc1Cl. The Bertz CT molecular complexity index is 271. The number of hydrogen-bond acceptors (Lipinski definition) is 3. The maximum Gasteiger partial charge on any atom is 0.143 e. The van der Waals surface area contributed by atoms with Crippen LogP contribution in [0.4, 0.5) is 0 Å². The van der Waals surface area contributed by atoms with Gasteiger partial charge >= 0.3 is 0 Å². The smallest absolute Gasteiger partial charge is 0.143 e. The standard InChI is InChI=1S/C9H15ClN2S/c1-6(2)9-12-8(10)7(13-9)4-5-11-3/h6,11H,4-5H2,1-3H3. The number of rotatable bonds is 4. The number of likely N-dealkylation sites (N-methyl/N-ethyl adjacent to an activating group) is 1. The van der Waals surface area contributed by atoms with Crippen LogP contribution in [0, 0.1) is 0 Å². The van der Waals surface area contributed by atoms with Crippen LogP contribution < -0.4 is 5.32 Å². The zero-order chi connectivity index (χ0) is 9.84. The fourth-order valence-electron chi connectivity index (χ4n) is 0.990. The summed E-state index contributed by atoms with van der Waals surface area (Å²) in [5.41, 5.74) is 0. The summed E-state index contributed by atoms with van der Waals surface area (Å²) in [6.07, 6.45) is 0.972. The molecule has 0 unspecified atom stereocenters. The lowest BCUT2D eigenvalue weighted by molar-refractivity contribution is 0.798. The van der Waals surface area contributed by atoms with Gasteiger partial charge in [0.05, 0.1) is 5.01 Å². The van der Waals surface area contributed by atoms with E-state index in [0.29, 0.717) is 11.1 Å².